The predicted molar refractivity (Wildman–Crippen MR) is 174 cm³/mol. The van der Waals surface area contributed by atoms with Crippen molar-refractivity contribution >= 4 is 44.3 Å². The van der Waals surface area contributed by atoms with Crippen molar-refractivity contribution in [2.75, 3.05) is 0 Å². The average molecular weight is 577 g/mol. The maximum Gasteiger partial charge on any atom is 0.338 e. The van der Waals surface area contributed by atoms with Crippen LogP contribution in [0.1, 0.15) is 36.5 Å². The zero-order valence-electron chi connectivity index (χ0n) is 24.3. The van der Waals surface area contributed by atoms with Crippen molar-refractivity contribution in [1.82, 2.24) is 0 Å². The second kappa shape index (κ2) is 10.5. The molecule has 6 aromatic rings. The van der Waals surface area contributed by atoms with Gasteiger partial charge in [0.25, 0.3) is 0 Å². The molecule has 0 bridgehead atoms. The second-order valence-electron chi connectivity index (χ2n) is 11.2. The van der Waals surface area contributed by atoms with E-state index in [4.69, 9.17) is 14.2 Å². The molecule has 0 radical (unpaired) electrons. The summed E-state index contributed by atoms with van der Waals surface area (Å²) in [6.07, 6.45) is 0. The van der Waals surface area contributed by atoms with Crippen LogP contribution < -0.4 is 14.2 Å². The summed E-state index contributed by atoms with van der Waals surface area (Å²) in [5.74, 6) is 1.32. The van der Waals surface area contributed by atoms with Crippen LogP contribution in [0.2, 0.25) is 0 Å². The number of ether oxygens (including phenoxy) is 3. The molecule has 0 unspecified atom stereocenters. The monoisotopic (exact) mass is 576 g/mol. The van der Waals surface area contributed by atoms with E-state index in [1.165, 1.54) is 0 Å². The summed E-state index contributed by atoms with van der Waals surface area (Å²) in [6.45, 7) is 10.6. The predicted octanol–water partition coefficient (Wildman–Crippen LogP) is 9.40. The molecule has 1 aliphatic heterocycles. The zero-order valence-corrected chi connectivity index (χ0v) is 24.3. The van der Waals surface area contributed by atoms with Gasteiger partial charge in [0.2, 0.25) is 0 Å². The van der Waals surface area contributed by atoms with Crippen molar-refractivity contribution in [2.45, 2.75) is 19.8 Å². The van der Waals surface area contributed by atoms with E-state index < -0.39 is 11.9 Å². The third-order valence-corrected chi connectivity index (χ3v) is 8.01. The standard InChI is InChI=1S/C39H28O5/c1-22(2)38(40)42-29-13-15-31-26(20-29)11-17-33-36(31)35(28-10-9-24-7-5-6-8-25(24)19-28)37-32-16-14-30(43-39(41)23(3)4)21-27(32)12-18-34(37)44-33/h5-21,35H,1,3H2,2,4H3. The molecule has 0 fully saturated rings. The smallest absolute Gasteiger partial charge is 0.338 e. The molecule has 0 saturated carbocycles. The van der Waals surface area contributed by atoms with Gasteiger partial charge in [-0.25, -0.2) is 9.59 Å². The Bertz CT molecular complexity index is 2090. The Kier molecular flexibility index (Phi) is 6.51. The van der Waals surface area contributed by atoms with E-state index in [1.54, 1.807) is 13.8 Å². The van der Waals surface area contributed by atoms with Gasteiger partial charge in [-0.15, -0.1) is 0 Å². The van der Waals surface area contributed by atoms with Gasteiger partial charge in [-0.05, 0) is 88.1 Å². The Hall–Kier alpha value is -5.68. The fourth-order valence-corrected chi connectivity index (χ4v) is 5.90. The third-order valence-electron chi connectivity index (χ3n) is 8.01. The lowest BCUT2D eigenvalue weighted by atomic mass is 9.78. The number of rotatable bonds is 5. The van der Waals surface area contributed by atoms with E-state index in [1.807, 2.05) is 72.8 Å². The van der Waals surface area contributed by atoms with Crippen LogP contribution in [0.4, 0.5) is 0 Å². The minimum absolute atomic E-state index is 0.182. The van der Waals surface area contributed by atoms with Gasteiger partial charge in [-0.3, -0.25) is 0 Å². The van der Waals surface area contributed by atoms with Gasteiger partial charge >= 0.3 is 11.9 Å². The fourth-order valence-electron chi connectivity index (χ4n) is 5.90. The van der Waals surface area contributed by atoms with Crippen molar-refractivity contribution in [1.29, 1.82) is 0 Å². The van der Waals surface area contributed by atoms with Gasteiger partial charge in [0.15, 0.2) is 0 Å². The number of hydrogen-bond donors (Lipinski definition) is 0. The molecule has 6 aromatic carbocycles. The topological polar surface area (TPSA) is 61.8 Å². The second-order valence-corrected chi connectivity index (χ2v) is 11.2. The number of carbonyl (C=O) groups excluding carboxylic acids is 2. The quantitative estimate of drug-likeness (QED) is 0.116. The van der Waals surface area contributed by atoms with Crippen LogP contribution in [0.5, 0.6) is 23.0 Å². The highest BCUT2D eigenvalue weighted by atomic mass is 16.5. The molecule has 5 heteroatoms. The largest absolute Gasteiger partial charge is 0.457 e. The van der Waals surface area contributed by atoms with Crippen molar-refractivity contribution in [3.8, 4) is 23.0 Å². The van der Waals surface area contributed by atoms with E-state index in [-0.39, 0.29) is 5.92 Å². The molecule has 1 aliphatic rings. The Morgan fingerprint density at radius 3 is 1.61 bits per heavy atom. The lowest BCUT2D eigenvalue weighted by molar-refractivity contribution is -0.130. The zero-order chi connectivity index (χ0) is 30.5. The Balaban J connectivity index is 1.45. The van der Waals surface area contributed by atoms with Crippen LogP contribution >= 0.6 is 0 Å². The summed E-state index contributed by atoms with van der Waals surface area (Å²) in [7, 11) is 0. The summed E-state index contributed by atoms with van der Waals surface area (Å²) < 4.78 is 17.7. The first-order valence-electron chi connectivity index (χ1n) is 14.3. The van der Waals surface area contributed by atoms with E-state index in [2.05, 4.69) is 43.5 Å². The summed E-state index contributed by atoms with van der Waals surface area (Å²) in [5.41, 5.74) is 3.83. The van der Waals surface area contributed by atoms with Crippen LogP contribution in [0, 0.1) is 0 Å². The SMILES string of the molecule is C=C(C)C(=O)Oc1ccc2c3c(ccc2c1)Oc1ccc2cc(OC(=O)C(=C)C)ccc2c1C3c1ccc2ccccc2c1. The van der Waals surface area contributed by atoms with Crippen LogP contribution in [0.3, 0.4) is 0 Å². The molecule has 0 saturated heterocycles. The van der Waals surface area contributed by atoms with Crippen LogP contribution in [0.25, 0.3) is 32.3 Å². The molecular formula is C39H28O5. The van der Waals surface area contributed by atoms with E-state index in [0.29, 0.717) is 22.6 Å². The number of esters is 2. The maximum absolute atomic E-state index is 12.2. The molecule has 0 aliphatic carbocycles. The first-order chi connectivity index (χ1) is 21.3. The molecule has 214 valence electrons. The fraction of sp³-hybridized carbons (Fsp3) is 0.0769. The average Bonchev–Trinajstić information content (AvgIpc) is 3.03. The first kappa shape index (κ1) is 27.2. The van der Waals surface area contributed by atoms with Crippen molar-refractivity contribution < 1.29 is 23.8 Å². The van der Waals surface area contributed by atoms with Crippen molar-refractivity contribution in [3.63, 3.8) is 0 Å². The molecule has 0 N–H and O–H groups in total. The lowest BCUT2D eigenvalue weighted by Crippen LogP contribution is -2.13. The molecule has 0 spiro atoms. The number of carbonyl (C=O) groups is 2. The van der Waals surface area contributed by atoms with Gasteiger partial charge in [0, 0.05) is 28.2 Å². The van der Waals surface area contributed by atoms with E-state index in [9.17, 15) is 9.59 Å². The molecule has 7 rings (SSSR count). The number of hydrogen-bond acceptors (Lipinski definition) is 5. The Labute approximate surface area is 254 Å². The molecule has 44 heavy (non-hydrogen) atoms. The molecule has 5 nitrogen and oxygen atoms in total. The van der Waals surface area contributed by atoms with Crippen LogP contribution in [-0.2, 0) is 9.59 Å². The van der Waals surface area contributed by atoms with Gasteiger partial charge in [-0.1, -0.05) is 79.9 Å². The molecule has 0 aromatic heterocycles. The van der Waals surface area contributed by atoms with Gasteiger partial charge in [0.1, 0.15) is 23.0 Å². The number of benzene rings is 6. The molecule has 0 atom stereocenters. The molecule has 1 heterocycles. The minimum atomic E-state index is -0.464. The summed E-state index contributed by atoms with van der Waals surface area (Å²) in [5, 5.41) is 6.12. The Morgan fingerprint density at radius 2 is 1.09 bits per heavy atom. The van der Waals surface area contributed by atoms with Crippen molar-refractivity contribution in [2.24, 2.45) is 0 Å². The Morgan fingerprint density at radius 1 is 0.591 bits per heavy atom. The minimum Gasteiger partial charge on any atom is -0.457 e. The number of fused-ring (bicyclic) bond motifs is 7. The van der Waals surface area contributed by atoms with E-state index in [0.717, 1.165) is 60.5 Å². The lowest BCUT2D eigenvalue weighted by Gasteiger charge is -2.31. The van der Waals surface area contributed by atoms with Crippen LogP contribution in [-0.4, -0.2) is 11.9 Å². The summed E-state index contributed by atoms with van der Waals surface area (Å²) >= 11 is 0. The first-order valence-corrected chi connectivity index (χ1v) is 14.3. The molecule has 0 amide bonds. The normalized spacial score (nSPS) is 12.3. The van der Waals surface area contributed by atoms with Crippen LogP contribution in [0.15, 0.2) is 127 Å². The van der Waals surface area contributed by atoms with Gasteiger partial charge in [-0.2, -0.15) is 0 Å². The molecular weight excluding hydrogens is 548 g/mol. The highest BCUT2D eigenvalue weighted by Gasteiger charge is 2.32. The third kappa shape index (κ3) is 4.69. The highest BCUT2D eigenvalue weighted by molar-refractivity contribution is 5.97. The van der Waals surface area contributed by atoms with Gasteiger partial charge in [0.05, 0.1) is 0 Å². The summed E-state index contributed by atoms with van der Waals surface area (Å²) in [4.78, 5) is 24.5. The maximum atomic E-state index is 12.2. The summed E-state index contributed by atoms with van der Waals surface area (Å²) in [6, 6.07) is 34.1. The van der Waals surface area contributed by atoms with E-state index >= 15 is 0 Å². The highest BCUT2D eigenvalue weighted by Crippen LogP contribution is 2.52. The van der Waals surface area contributed by atoms with Crippen molar-refractivity contribution in [3.05, 3.63) is 144 Å². The van der Waals surface area contributed by atoms with Gasteiger partial charge < -0.3 is 14.2 Å².